The second-order valence-electron chi connectivity index (χ2n) is 10.7. The topological polar surface area (TPSA) is 196 Å². The van der Waals surface area contributed by atoms with E-state index in [1.54, 1.807) is 0 Å². The summed E-state index contributed by atoms with van der Waals surface area (Å²) < 4.78 is 21.7. The van der Waals surface area contributed by atoms with Gasteiger partial charge in [0, 0.05) is 6.42 Å². The predicted molar refractivity (Wildman–Crippen MR) is 152 cm³/mol. The van der Waals surface area contributed by atoms with E-state index in [0.29, 0.717) is 6.42 Å². The molecule has 0 unspecified atom stereocenters. The highest BCUT2D eigenvalue weighted by atomic mass is 16.8. The number of unbranched alkanes of at least 4 members (excludes halogenated alkanes) is 5. The molecule has 9 atom stereocenters. The summed E-state index contributed by atoms with van der Waals surface area (Å²) in [5.74, 6) is -2.86. The minimum Gasteiger partial charge on any atom is -0.460 e. The van der Waals surface area contributed by atoms with Crippen molar-refractivity contribution in [3.63, 3.8) is 0 Å². The van der Waals surface area contributed by atoms with Gasteiger partial charge < -0.3 is 54.7 Å². The number of allylic oxidation sites excluding steroid dienone is 6. The average Bonchev–Trinajstić information content (AvgIpc) is 3.23. The van der Waals surface area contributed by atoms with E-state index >= 15 is 0 Å². The quantitative estimate of drug-likeness (QED) is 0.0623. The molecule has 2 aliphatic heterocycles. The Morgan fingerprint density at radius 2 is 1.38 bits per heavy atom. The third-order valence-corrected chi connectivity index (χ3v) is 7.32. The first-order valence-electron chi connectivity index (χ1n) is 14.9. The Bertz CT molecular complexity index is 846. The number of aliphatic hydroxyl groups is 7. The minimum absolute atomic E-state index is 0.0951. The smallest absolute Gasteiger partial charge is 0.305 e. The standard InChI is InChI=1S/C30H50O12/c1-2-3-4-5-6-7-8-9-10-11-12-13-14-15-16-17-23(33)39-20-30(28(38)25(35)22(19-32)41-30)42-29-27(37)26(36)24(34)21(18-31)40-29/h3-4,6-7,9-10,21-22,24-29,31-32,34-38H,2,5,8,11-20H2,1H3/b4-3-,7-6-,10-9-/t21-,22-,24-,25-,26+,27-,28+,29-,30+/m1/s1. The zero-order chi connectivity index (χ0) is 31.0. The Morgan fingerprint density at radius 1 is 0.762 bits per heavy atom. The fourth-order valence-corrected chi connectivity index (χ4v) is 4.76. The molecule has 2 aliphatic rings. The van der Waals surface area contributed by atoms with Gasteiger partial charge in [-0.2, -0.15) is 0 Å². The molecule has 0 aromatic heterocycles. The second-order valence-corrected chi connectivity index (χ2v) is 10.7. The summed E-state index contributed by atoms with van der Waals surface area (Å²) in [4.78, 5) is 12.4. The molecule has 2 fully saturated rings. The van der Waals surface area contributed by atoms with Crippen LogP contribution >= 0.6 is 0 Å². The fourth-order valence-electron chi connectivity index (χ4n) is 4.76. The molecular weight excluding hydrogens is 552 g/mol. The maximum Gasteiger partial charge on any atom is 0.305 e. The van der Waals surface area contributed by atoms with Gasteiger partial charge in [-0.1, -0.05) is 62.6 Å². The average molecular weight is 603 g/mol. The van der Waals surface area contributed by atoms with Gasteiger partial charge in [0.2, 0.25) is 5.79 Å². The van der Waals surface area contributed by atoms with Crippen LogP contribution < -0.4 is 0 Å². The number of rotatable bonds is 19. The van der Waals surface area contributed by atoms with Crippen LogP contribution in [0.5, 0.6) is 0 Å². The highest BCUT2D eigenvalue weighted by Gasteiger charge is 2.59. The summed E-state index contributed by atoms with van der Waals surface area (Å²) in [5.41, 5.74) is 0. The fraction of sp³-hybridized carbons (Fsp3) is 0.767. The third-order valence-electron chi connectivity index (χ3n) is 7.32. The van der Waals surface area contributed by atoms with E-state index < -0.39 is 80.6 Å². The van der Waals surface area contributed by atoms with Gasteiger partial charge in [0.05, 0.1) is 13.2 Å². The van der Waals surface area contributed by atoms with Crippen LogP contribution in [0.4, 0.5) is 0 Å². The van der Waals surface area contributed by atoms with Crippen LogP contribution in [0.25, 0.3) is 0 Å². The molecule has 7 N–H and O–H groups in total. The van der Waals surface area contributed by atoms with Crippen LogP contribution in [0, 0.1) is 0 Å². The number of aliphatic hydroxyl groups excluding tert-OH is 7. The molecule has 0 aliphatic carbocycles. The van der Waals surface area contributed by atoms with E-state index in [9.17, 15) is 40.5 Å². The molecule has 0 radical (unpaired) electrons. The Kier molecular flexibility index (Phi) is 17.0. The molecule has 242 valence electrons. The molecule has 0 amide bonds. The summed E-state index contributed by atoms with van der Waals surface area (Å²) in [6.07, 6.45) is 8.44. The number of hydrogen-bond acceptors (Lipinski definition) is 12. The van der Waals surface area contributed by atoms with Gasteiger partial charge in [-0.15, -0.1) is 0 Å². The van der Waals surface area contributed by atoms with Gasteiger partial charge >= 0.3 is 5.97 Å². The molecule has 12 nitrogen and oxygen atoms in total. The molecule has 42 heavy (non-hydrogen) atoms. The van der Waals surface area contributed by atoms with E-state index in [4.69, 9.17) is 18.9 Å². The lowest BCUT2D eigenvalue weighted by Crippen LogP contribution is -2.62. The normalized spacial score (nSPS) is 33.8. The van der Waals surface area contributed by atoms with Crippen molar-refractivity contribution in [2.75, 3.05) is 19.8 Å². The van der Waals surface area contributed by atoms with Crippen LogP contribution in [0.15, 0.2) is 36.5 Å². The molecule has 0 spiro atoms. The lowest BCUT2D eigenvalue weighted by molar-refractivity contribution is -0.383. The third kappa shape index (κ3) is 11.1. The Labute approximate surface area is 247 Å². The van der Waals surface area contributed by atoms with E-state index in [-0.39, 0.29) is 6.42 Å². The highest BCUT2D eigenvalue weighted by molar-refractivity contribution is 5.69. The molecule has 2 saturated heterocycles. The number of ether oxygens (including phenoxy) is 4. The van der Waals surface area contributed by atoms with Crippen LogP contribution in [0.1, 0.15) is 71.1 Å². The monoisotopic (exact) mass is 602 g/mol. The summed E-state index contributed by atoms with van der Waals surface area (Å²) in [5, 5.41) is 70.4. The lowest BCUT2D eigenvalue weighted by atomic mass is 9.99. The first kappa shape index (κ1) is 36.5. The van der Waals surface area contributed by atoms with Gasteiger partial charge in [-0.05, 0) is 38.5 Å². The first-order valence-corrected chi connectivity index (χ1v) is 14.9. The van der Waals surface area contributed by atoms with Gasteiger partial charge in [0.1, 0.15) is 49.3 Å². The molecule has 0 aromatic rings. The van der Waals surface area contributed by atoms with Crippen LogP contribution in [0.2, 0.25) is 0 Å². The summed E-state index contributed by atoms with van der Waals surface area (Å²) in [7, 11) is 0. The molecule has 2 heterocycles. The van der Waals surface area contributed by atoms with Crippen molar-refractivity contribution in [3.8, 4) is 0 Å². The van der Waals surface area contributed by atoms with Gasteiger partial charge in [-0.3, -0.25) is 4.79 Å². The maximum atomic E-state index is 12.4. The minimum atomic E-state index is -2.26. The van der Waals surface area contributed by atoms with E-state index in [1.165, 1.54) is 0 Å². The van der Waals surface area contributed by atoms with Crippen molar-refractivity contribution in [3.05, 3.63) is 36.5 Å². The number of hydrogen-bond donors (Lipinski definition) is 7. The van der Waals surface area contributed by atoms with Crippen molar-refractivity contribution in [2.45, 2.75) is 126 Å². The Morgan fingerprint density at radius 3 is 2.02 bits per heavy atom. The number of carbonyl (C=O) groups excluding carboxylic acids is 1. The SMILES string of the molecule is CC/C=C\C/C=C\C/C=C\CCCCCCCC(=O)OC[C@@]1(O[C@H]2O[C@H](CO)[C@@H](O)[C@H](O)[C@H]2O)O[C@H](CO)[C@@H](O)[C@@H]1O. The second kappa shape index (κ2) is 19.5. The molecule has 2 rings (SSSR count). The number of carbonyl (C=O) groups is 1. The van der Waals surface area contributed by atoms with Crippen molar-refractivity contribution in [1.29, 1.82) is 0 Å². The Hall–Kier alpha value is -1.71. The van der Waals surface area contributed by atoms with Crippen molar-refractivity contribution in [1.82, 2.24) is 0 Å². The predicted octanol–water partition coefficient (Wildman–Crippen LogP) is 0.745. The summed E-state index contributed by atoms with van der Waals surface area (Å²) in [6, 6.07) is 0. The maximum absolute atomic E-state index is 12.4. The van der Waals surface area contributed by atoms with E-state index in [1.807, 2.05) is 0 Å². The van der Waals surface area contributed by atoms with Gasteiger partial charge in [-0.25, -0.2) is 0 Å². The molecule has 0 aromatic carbocycles. The molecular formula is C30H50O12. The van der Waals surface area contributed by atoms with Crippen molar-refractivity contribution in [2.24, 2.45) is 0 Å². The molecule has 0 saturated carbocycles. The van der Waals surface area contributed by atoms with Gasteiger partial charge in [0.15, 0.2) is 6.29 Å². The van der Waals surface area contributed by atoms with Crippen LogP contribution in [-0.4, -0.2) is 116 Å². The molecule has 12 heteroatoms. The highest BCUT2D eigenvalue weighted by Crippen LogP contribution is 2.36. The van der Waals surface area contributed by atoms with Crippen LogP contribution in [0.3, 0.4) is 0 Å². The number of esters is 1. The van der Waals surface area contributed by atoms with E-state index in [0.717, 1.165) is 51.4 Å². The van der Waals surface area contributed by atoms with Gasteiger partial charge in [0.25, 0.3) is 0 Å². The van der Waals surface area contributed by atoms with Crippen molar-refractivity contribution < 1.29 is 59.5 Å². The molecule has 0 bridgehead atoms. The zero-order valence-corrected chi connectivity index (χ0v) is 24.4. The van der Waals surface area contributed by atoms with E-state index in [2.05, 4.69) is 43.4 Å². The largest absolute Gasteiger partial charge is 0.460 e. The Balaban J connectivity index is 1.75. The lowest BCUT2D eigenvalue weighted by Gasteiger charge is -2.43. The first-order chi connectivity index (χ1) is 20.2. The van der Waals surface area contributed by atoms with Crippen LogP contribution in [-0.2, 0) is 23.7 Å². The summed E-state index contributed by atoms with van der Waals surface area (Å²) >= 11 is 0. The zero-order valence-electron chi connectivity index (χ0n) is 24.4. The van der Waals surface area contributed by atoms with Crippen molar-refractivity contribution >= 4 is 5.97 Å². The summed E-state index contributed by atoms with van der Waals surface area (Å²) in [6.45, 7) is -0.0170.